The summed E-state index contributed by atoms with van der Waals surface area (Å²) in [5.74, 6) is 1.86. The molecule has 1 aliphatic heterocycles. The molecule has 0 radical (unpaired) electrons. The lowest BCUT2D eigenvalue weighted by Gasteiger charge is -2.34. The van der Waals surface area contributed by atoms with E-state index in [2.05, 4.69) is 50.3 Å². The number of nitrogens with one attached hydrogen (secondary N) is 1. The molecule has 28 heavy (non-hydrogen) atoms. The van der Waals surface area contributed by atoms with Gasteiger partial charge >= 0.3 is 0 Å². The molecule has 0 bridgehead atoms. The lowest BCUT2D eigenvalue weighted by Crippen LogP contribution is -2.39. The van der Waals surface area contributed by atoms with Crippen LogP contribution in [0.1, 0.15) is 31.2 Å². The van der Waals surface area contributed by atoms with Gasteiger partial charge in [0, 0.05) is 47.7 Å². The summed E-state index contributed by atoms with van der Waals surface area (Å²) < 4.78 is 5.50. The Morgan fingerprint density at radius 1 is 1.18 bits per heavy atom. The van der Waals surface area contributed by atoms with Crippen LogP contribution in [-0.4, -0.2) is 41.2 Å². The van der Waals surface area contributed by atoms with Crippen LogP contribution in [0.15, 0.2) is 36.7 Å². The van der Waals surface area contributed by atoms with Crippen LogP contribution in [0, 0.1) is 6.92 Å². The first kappa shape index (κ1) is 18.5. The summed E-state index contributed by atoms with van der Waals surface area (Å²) in [6, 6.07) is 10.8. The van der Waals surface area contributed by atoms with Crippen molar-refractivity contribution in [1.29, 1.82) is 0 Å². The quantitative estimate of drug-likeness (QED) is 0.725. The number of para-hydroxylation sites is 1. The Bertz CT molecular complexity index is 966. The minimum absolute atomic E-state index is 0.430. The van der Waals surface area contributed by atoms with Gasteiger partial charge in [-0.2, -0.15) is 0 Å². The van der Waals surface area contributed by atoms with Gasteiger partial charge in [-0.25, -0.2) is 15.0 Å². The number of nitrogens with zero attached hydrogens (tertiary/aromatic N) is 4. The zero-order valence-electron chi connectivity index (χ0n) is 16.8. The van der Waals surface area contributed by atoms with Crippen LogP contribution in [0.2, 0.25) is 0 Å². The topological polar surface area (TPSA) is 63.2 Å². The van der Waals surface area contributed by atoms with Crippen LogP contribution in [0.5, 0.6) is 5.75 Å². The highest BCUT2D eigenvalue weighted by Gasteiger charge is 2.21. The van der Waals surface area contributed by atoms with Gasteiger partial charge in [0.15, 0.2) is 0 Å². The van der Waals surface area contributed by atoms with E-state index < -0.39 is 0 Å². The summed E-state index contributed by atoms with van der Waals surface area (Å²) in [5.41, 5.74) is 4.14. The fourth-order valence-corrected chi connectivity index (χ4v) is 3.86. The van der Waals surface area contributed by atoms with Gasteiger partial charge in [0.2, 0.25) is 0 Å². The number of piperidine rings is 1. The zero-order valence-corrected chi connectivity index (χ0v) is 16.8. The second-order valence-electron chi connectivity index (χ2n) is 7.29. The van der Waals surface area contributed by atoms with E-state index in [4.69, 9.17) is 4.74 Å². The van der Waals surface area contributed by atoms with Crippen molar-refractivity contribution in [3.8, 4) is 5.75 Å². The number of hydrogen-bond acceptors (Lipinski definition) is 6. The molecule has 3 aromatic rings. The molecule has 0 saturated carbocycles. The van der Waals surface area contributed by atoms with Gasteiger partial charge in [-0.05, 0) is 38.3 Å². The third-order valence-corrected chi connectivity index (χ3v) is 5.40. The SMILES string of the molecule is CCc1cc(N2CCC(Nc3cc(C)nc4c(OC)cccc34)CC2)ncn1. The average Bonchev–Trinajstić information content (AvgIpc) is 2.74. The largest absolute Gasteiger partial charge is 0.494 e. The number of pyridine rings is 1. The standard InChI is InChI=1S/C22H27N5O/c1-4-16-13-21(24-14-23-16)27-10-8-17(9-11-27)26-19-12-15(2)25-22-18(19)6-5-7-20(22)28-3/h5-7,12-14,17H,4,8-11H2,1-3H3,(H,25,26). The first-order valence-corrected chi connectivity index (χ1v) is 9.94. The molecule has 0 amide bonds. The second kappa shape index (κ2) is 8.00. The number of aryl methyl sites for hydroxylation is 2. The molecule has 1 N–H and O–H groups in total. The Hall–Kier alpha value is -2.89. The summed E-state index contributed by atoms with van der Waals surface area (Å²) in [7, 11) is 1.69. The number of fused-ring (bicyclic) bond motifs is 1. The second-order valence-corrected chi connectivity index (χ2v) is 7.29. The highest BCUT2D eigenvalue weighted by atomic mass is 16.5. The van der Waals surface area contributed by atoms with Crippen molar-refractivity contribution in [1.82, 2.24) is 15.0 Å². The van der Waals surface area contributed by atoms with Gasteiger partial charge in [-0.15, -0.1) is 0 Å². The Balaban J connectivity index is 1.49. The van der Waals surface area contributed by atoms with E-state index in [9.17, 15) is 0 Å². The van der Waals surface area contributed by atoms with Crippen LogP contribution in [0.25, 0.3) is 10.9 Å². The van der Waals surface area contributed by atoms with Gasteiger partial charge in [0.1, 0.15) is 23.4 Å². The molecule has 146 valence electrons. The van der Waals surface area contributed by atoms with Gasteiger partial charge in [-0.1, -0.05) is 19.1 Å². The molecule has 0 aliphatic carbocycles. The van der Waals surface area contributed by atoms with E-state index in [-0.39, 0.29) is 0 Å². The number of rotatable bonds is 5. The van der Waals surface area contributed by atoms with Gasteiger partial charge in [0.25, 0.3) is 0 Å². The molecule has 0 spiro atoms. The monoisotopic (exact) mass is 377 g/mol. The molecular formula is C22H27N5O. The number of aromatic nitrogens is 3. The van der Waals surface area contributed by atoms with Crippen molar-refractivity contribution in [2.45, 2.75) is 39.2 Å². The van der Waals surface area contributed by atoms with E-state index in [1.165, 1.54) is 0 Å². The summed E-state index contributed by atoms with van der Waals surface area (Å²) >= 11 is 0. The normalized spacial score (nSPS) is 15.0. The maximum absolute atomic E-state index is 5.50. The van der Waals surface area contributed by atoms with Crippen molar-refractivity contribution in [3.05, 3.63) is 48.0 Å². The molecular weight excluding hydrogens is 350 g/mol. The molecule has 1 aliphatic rings. The Morgan fingerprint density at radius 2 is 2.00 bits per heavy atom. The van der Waals surface area contributed by atoms with Crippen molar-refractivity contribution < 1.29 is 4.74 Å². The molecule has 1 aromatic carbocycles. The van der Waals surface area contributed by atoms with Crippen molar-refractivity contribution in [2.24, 2.45) is 0 Å². The predicted molar refractivity (Wildman–Crippen MR) is 113 cm³/mol. The minimum Gasteiger partial charge on any atom is -0.494 e. The summed E-state index contributed by atoms with van der Waals surface area (Å²) in [6.07, 6.45) is 4.75. The first-order valence-electron chi connectivity index (χ1n) is 9.94. The number of ether oxygens (including phenoxy) is 1. The number of methoxy groups -OCH3 is 1. The molecule has 2 aromatic heterocycles. The fourth-order valence-electron chi connectivity index (χ4n) is 3.86. The maximum atomic E-state index is 5.50. The summed E-state index contributed by atoms with van der Waals surface area (Å²) in [4.78, 5) is 15.8. The van der Waals surface area contributed by atoms with E-state index in [1.54, 1.807) is 13.4 Å². The Kier molecular flexibility index (Phi) is 5.28. The lowest BCUT2D eigenvalue weighted by molar-refractivity contribution is 0.419. The molecule has 4 rings (SSSR count). The van der Waals surface area contributed by atoms with Crippen molar-refractivity contribution >= 4 is 22.4 Å². The molecule has 6 heteroatoms. The first-order chi connectivity index (χ1) is 13.7. The minimum atomic E-state index is 0.430. The smallest absolute Gasteiger partial charge is 0.145 e. The highest BCUT2D eigenvalue weighted by molar-refractivity contribution is 5.95. The van der Waals surface area contributed by atoms with Crippen molar-refractivity contribution in [2.75, 3.05) is 30.4 Å². The third-order valence-electron chi connectivity index (χ3n) is 5.40. The van der Waals surface area contributed by atoms with Crippen LogP contribution in [0.4, 0.5) is 11.5 Å². The van der Waals surface area contributed by atoms with E-state index >= 15 is 0 Å². The molecule has 1 fully saturated rings. The fraction of sp³-hybridized carbons (Fsp3) is 0.409. The molecule has 3 heterocycles. The Labute approximate surface area is 166 Å². The Morgan fingerprint density at radius 3 is 2.75 bits per heavy atom. The average molecular weight is 377 g/mol. The molecule has 6 nitrogen and oxygen atoms in total. The number of anilines is 2. The summed E-state index contributed by atoms with van der Waals surface area (Å²) in [5, 5.41) is 4.86. The van der Waals surface area contributed by atoms with E-state index in [0.717, 1.165) is 71.9 Å². The van der Waals surface area contributed by atoms with Gasteiger partial charge in [-0.3, -0.25) is 0 Å². The number of hydrogen-bond donors (Lipinski definition) is 1. The lowest BCUT2D eigenvalue weighted by atomic mass is 10.0. The van der Waals surface area contributed by atoms with Crippen LogP contribution in [0.3, 0.4) is 0 Å². The van der Waals surface area contributed by atoms with Gasteiger partial charge in [0.05, 0.1) is 7.11 Å². The van der Waals surface area contributed by atoms with E-state index in [0.29, 0.717) is 6.04 Å². The predicted octanol–water partition coefficient (Wildman–Crippen LogP) is 3.99. The van der Waals surface area contributed by atoms with Crippen LogP contribution >= 0.6 is 0 Å². The van der Waals surface area contributed by atoms with Gasteiger partial charge < -0.3 is 15.0 Å². The van der Waals surface area contributed by atoms with Crippen LogP contribution < -0.4 is 15.0 Å². The molecule has 0 atom stereocenters. The molecule has 0 unspecified atom stereocenters. The highest BCUT2D eigenvalue weighted by Crippen LogP contribution is 2.31. The zero-order chi connectivity index (χ0) is 19.5. The van der Waals surface area contributed by atoms with Crippen LogP contribution in [-0.2, 0) is 6.42 Å². The third kappa shape index (κ3) is 3.72. The molecule has 1 saturated heterocycles. The van der Waals surface area contributed by atoms with Crippen molar-refractivity contribution in [3.63, 3.8) is 0 Å². The number of benzene rings is 1. The van der Waals surface area contributed by atoms with E-state index in [1.807, 2.05) is 19.1 Å². The maximum Gasteiger partial charge on any atom is 0.145 e. The summed E-state index contributed by atoms with van der Waals surface area (Å²) in [6.45, 7) is 6.13.